The van der Waals surface area contributed by atoms with Crippen LogP contribution in [0.1, 0.15) is 19.8 Å². The largest absolute Gasteiger partial charge is 0.325 e. The number of carbonyl (C=O) groups excluding carboxylic acids is 1. The number of sulfonamides is 1. The van der Waals surface area contributed by atoms with Crippen molar-refractivity contribution in [1.82, 2.24) is 0 Å². The van der Waals surface area contributed by atoms with Gasteiger partial charge in [0.25, 0.3) is 0 Å². The molecule has 0 radical (unpaired) electrons. The molecular weight excluding hydrogens is 285 g/mol. The van der Waals surface area contributed by atoms with Gasteiger partial charge in [-0.05, 0) is 24.6 Å². The standard InChI is InChI=1S/C12H18FN3O3S/c1-3-4-10(14)12(17)15-8-5-6-9(13)11(7-8)16-20(2,18)19/h5-7,10,16H,3-4,14H2,1-2H3,(H,15,17)/t10-/m1/s1. The second-order valence-electron chi connectivity index (χ2n) is 4.45. The first-order chi connectivity index (χ1) is 9.23. The quantitative estimate of drug-likeness (QED) is 0.736. The Morgan fingerprint density at radius 2 is 2.10 bits per heavy atom. The van der Waals surface area contributed by atoms with Gasteiger partial charge in [-0.2, -0.15) is 0 Å². The Bertz CT molecular complexity index is 590. The van der Waals surface area contributed by atoms with Crippen LogP contribution in [0.4, 0.5) is 15.8 Å². The molecule has 1 aromatic rings. The fraction of sp³-hybridized carbons (Fsp3) is 0.417. The molecule has 0 heterocycles. The number of rotatable bonds is 6. The zero-order valence-corrected chi connectivity index (χ0v) is 12.1. The van der Waals surface area contributed by atoms with Crippen molar-refractivity contribution < 1.29 is 17.6 Å². The third-order valence-electron chi connectivity index (χ3n) is 2.47. The molecule has 112 valence electrons. The number of halogens is 1. The first-order valence-electron chi connectivity index (χ1n) is 6.06. The van der Waals surface area contributed by atoms with E-state index in [-0.39, 0.29) is 11.4 Å². The van der Waals surface area contributed by atoms with Crippen LogP contribution < -0.4 is 15.8 Å². The second-order valence-corrected chi connectivity index (χ2v) is 6.20. The lowest BCUT2D eigenvalue weighted by Gasteiger charge is -2.12. The zero-order valence-electron chi connectivity index (χ0n) is 11.3. The summed E-state index contributed by atoms with van der Waals surface area (Å²) in [5.41, 5.74) is 5.69. The molecule has 8 heteroatoms. The highest BCUT2D eigenvalue weighted by Crippen LogP contribution is 2.20. The van der Waals surface area contributed by atoms with Crippen LogP contribution in [0, 0.1) is 5.82 Å². The van der Waals surface area contributed by atoms with Gasteiger partial charge in [-0.15, -0.1) is 0 Å². The number of hydrogen-bond acceptors (Lipinski definition) is 4. The average molecular weight is 303 g/mol. The summed E-state index contributed by atoms with van der Waals surface area (Å²) in [7, 11) is -3.60. The third kappa shape index (κ3) is 5.14. The topological polar surface area (TPSA) is 101 Å². The number of nitrogens with one attached hydrogen (secondary N) is 2. The van der Waals surface area contributed by atoms with Crippen molar-refractivity contribution in [2.75, 3.05) is 16.3 Å². The van der Waals surface area contributed by atoms with Crippen LogP contribution in [0.15, 0.2) is 18.2 Å². The minimum absolute atomic E-state index is 0.227. The Morgan fingerprint density at radius 3 is 2.65 bits per heavy atom. The summed E-state index contributed by atoms with van der Waals surface area (Å²) in [4.78, 5) is 11.7. The van der Waals surface area contributed by atoms with Crippen molar-refractivity contribution in [3.8, 4) is 0 Å². The first kappa shape index (κ1) is 16.4. The van der Waals surface area contributed by atoms with Gasteiger partial charge in [-0.3, -0.25) is 9.52 Å². The summed E-state index contributed by atoms with van der Waals surface area (Å²) in [6.07, 6.45) is 2.20. The lowest BCUT2D eigenvalue weighted by molar-refractivity contribution is -0.117. The Hall–Kier alpha value is -1.67. The maximum Gasteiger partial charge on any atom is 0.241 e. The Kier molecular flexibility index (Phi) is 5.46. The van der Waals surface area contributed by atoms with Gasteiger partial charge in [-0.1, -0.05) is 13.3 Å². The van der Waals surface area contributed by atoms with Crippen LogP contribution in [0.25, 0.3) is 0 Å². The summed E-state index contributed by atoms with van der Waals surface area (Å²) in [6.45, 7) is 1.90. The maximum atomic E-state index is 13.5. The normalized spacial score (nSPS) is 12.8. The molecule has 0 aliphatic rings. The SMILES string of the molecule is CCC[C@@H](N)C(=O)Nc1ccc(F)c(NS(C)(=O)=O)c1. The number of hydrogen-bond donors (Lipinski definition) is 3. The monoisotopic (exact) mass is 303 g/mol. The van der Waals surface area contributed by atoms with Crippen molar-refractivity contribution >= 4 is 27.3 Å². The number of carbonyl (C=O) groups is 1. The summed E-state index contributed by atoms with van der Waals surface area (Å²) in [5.74, 6) is -1.13. The lowest BCUT2D eigenvalue weighted by atomic mass is 10.1. The molecule has 0 unspecified atom stereocenters. The van der Waals surface area contributed by atoms with E-state index < -0.39 is 27.8 Å². The van der Waals surface area contributed by atoms with Gasteiger partial charge in [-0.25, -0.2) is 12.8 Å². The lowest BCUT2D eigenvalue weighted by Crippen LogP contribution is -2.35. The van der Waals surface area contributed by atoms with E-state index in [0.717, 1.165) is 18.7 Å². The molecule has 0 saturated carbocycles. The van der Waals surface area contributed by atoms with Crippen LogP contribution in [0.2, 0.25) is 0 Å². The summed E-state index contributed by atoms with van der Waals surface area (Å²) >= 11 is 0. The van der Waals surface area contributed by atoms with Crippen LogP contribution in [-0.4, -0.2) is 26.6 Å². The van der Waals surface area contributed by atoms with Crippen LogP contribution in [-0.2, 0) is 14.8 Å². The van der Waals surface area contributed by atoms with Crippen LogP contribution in [0.3, 0.4) is 0 Å². The molecule has 1 amide bonds. The van der Waals surface area contributed by atoms with E-state index in [0.29, 0.717) is 6.42 Å². The minimum atomic E-state index is -3.60. The highest BCUT2D eigenvalue weighted by molar-refractivity contribution is 7.92. The van der Waals surface area contributed by atoms with E-state index in [1.165, 1.54) is 12.1 Å². The predicted octanol–water partition coefficient (Wildman–Crippen LogP) is 1.26. The highest BCUT2D eigenvalue weighted by atomic mass is 32.2. The molecule has 0 bridgehead atoms. The highest BCUT2D eigenvalue weighted by Gasteiger charge is 2.14. The van der Waals surface area contributed by atoms with Gasteiger partial charge in [0.05, 0.1) is 18.0 Å². The van der Waals surface area contributed by atoms with Gasteiger partial charge in [0.15, 0.2) is 0 Å². The van der Waals surface area contributed by atoms with Crippen molar-refractivity contribution in [1.29, 1.82) is 0 Å². The molecule has 0 spiro atoms. The number of nitrogens with two attached hydrogens (primary N) is 1. The predicted molar refractivity (Wildman–Crippen MR) is 76.4 cm³/mol. The molecular formula is C12H18FN3O3S. The second kappa shape index (κ2) is 6.67. The Balaban J connectivity index is 2.87. The Labute approximate surface area is 117 Å². The molecule has 4 N–H and O–H groups in total. The molecule has 0 fully saturated rings. The Morgan fingerprint density at radius 1 is 1.45 bits per heavy atom. The van der Waals surface area contributed by atoms with Crippen molar-refractivity contribution in [2.24, 2.45) is 5.73 Å². The molecule has 20 heavy (non-hydrogen) atoms. The molecule has 0 aromatic heterocycles. The van der Waals surface area contributed by atoms with E-state index in [1.54, 1.807) is 0 Å². The summed E-state index contributed by atoms with van der Waals surface area (Å²) in [6, 6.07) is 2.94. The number of anilines is 2. The van der Waals surface area contributed by atoms with Crippen molar-refractivity contribution in [3.05, 3.63) is 24.0 Å². The van der Waals surface area contributed by atoms with E-state index in [9.17, 15) is 17.6 Å². The number of benzene rings is 1. The molecule has 1 atom stereocenters. The van der Waals surface area contributed by atoms with Crippen LogP contribution >= 0.6 is 0 Å². The minimum Gasteiger partial charge on any atom is -0.325 e. The fourth-order valence-electron chi connectivity index (χ4n) is 1.56. The van der Waals surface area contributed by atoms with E-state index in [4.69, 9.17) is 5.73 Å². The molecule has 0 saturated heterocycles. The fourth-order valence-corrected chi connectivity index (χ4v) is 2.11. The summed E-state index contributed by atoms with van der Waals surface area (Å²) < 4.78 is 37.7. The molecule has 1 rings (SSSR count). The van der Waals surface area contributed by atoms with Crippen molar-refractivity contribution in [3.63, 3.8) is 0 Å². The maximum absolute atomic E-state index is 13.5. The summed E-state index contributed by atoms with van der Waals surface area (Å²) in [5, 5.41) is 2.51. The molecule has 1 aromatic carbocycles. The molecule has 0 aliphatic heterocycles. The van der Waals surface area contributed by atoms with Gasteiger partial charge in [0.1, 0.15) is 5.82 Å². The van der Waals surface area contributed by atoms with Crippen molar-refractivity contribution in [2.45, 2.75) is 25.8 Å². The molecule has 6 nitrogen and oxygen atoms in total. The van der Waals surface area contributed by atoms with E-state index in [1.807, 2.05) is 11.6 Å². The van der Waals surface area contributed by atoms with E-state index in [2.05, 4.69) is 5.32 Å². The third-order valence-corrected chi connectivity index (χ3v) is 3.06. The van der Waals surface area contributed by atoms with Gasteiger partial charge in [0, 0.05) is 5.69 Å². The first-order valence-corrected chi connectivity index (χ1v) is 7.96. The average Bonchev–Trinajstić information content (AvgIpc) is 2.32. The smallest absolute Gasteiger partial charge is 0.241 e. The molecule has 0 aliphatic carbocycles. The van der Waals surface area contributed by atoms with Gasteiger partial charge < -0.3 is 11.1 Å². The van der Waals surface area contributed by atoms with E-state index >= 15 is 0 Å². The zero-order chi connectivity index (χ0) is 15.3. The van der Waals surface area contributed by atoms with Gasteiger partial charge in [0.2, 0.25) is 15.9 Å². The van der Waals surface area contributed by atoms with Crippen LogP contribution in [0.5, 0.6) is 0 Å². The number of amides is 1. The van der Waals surface area contributed by atoms with Gasteiger partial charge >= 0.3 is 0 Å².